The van der Waals surface area contributed by atoms with Gasteiger partial charge in [-0.1, -0.05) is 42.1 Å². The SMILES string of the molecule is Cc1cc(C)nc(SCc2cc(=O)c(OC(=O)C=Cc3ccccc3)co2)n1. The fourth-order valence-corrected chi connectivity index (χ4v) is 3.19. The van der Waals surface area contributed by atoms with Crippen LogP contribution in [-0.2, 0) is 10.5 Å². The van der Waals surface area contributed by atoms with E-state index in [0.29, 0.717) is 16.7 Å². The highest BCUT2D eigenvalue weighted by molar-refractivity contribution is 7.98. The molecule has 6 nitrogen and oxygen atoms in total. The first-order chi connectivity index (χ1) is 13.5. The van der Waals surface area contributed by atoms with Crippen LogP contribution < -0.4 is 10.2 Å². The van der Waals surface area contributed by atoms with Crippen LogP contribution in [0, 0.1) is 13.8 Å². The topological polar surface area (TPSA) is 82.3 Å². The average molecular weight is 394 g/mol. The molecule has 0 saturated heterocycles. The van der Waals surface area contributed by atoms with Crippen LogP contribution in [0.5, 0.6) is 5.75 Å². The van der Waals surface area contributed by atoms with Crippen molar-refractivity contribution in [3.8, 4) is 5.75 Å². The molecule has 0 aliphatic heterocycles. The second kappa shape index (κ2) is 9.14. The van der Waals surface area contributed by atoms with Crippen LogP contribution in [0.15, 0.2) is 69.2 Å². The van der Waals surface area contributed by atoms with E-state index >= 15 is 0 Å². The Bertz CT molecular complexity index is 1040. The summed E-state index contributed by atoms with van der Waals surface area (Å²) in [4.78, 5) is 32.7. The van der Waals surface area contributed by atoms with Crippen LogP contribution in [0.25, 0.3) is 6.08 Å². The number of hydrogen-bond acceptors (Lipinski definition) is 7. The Balaban J connectivity index is 1.61. The number of aryl methyl sites for hydroxylation is 2. The molecular formula is C21H18N2O4S. The predicted molar refractivity (Wildman–Crippen MR) is 107 cm³/mol. The third kappa shape index (κ3) is 5.65. The van der Waals surface area contributed by atoms with Crippen LogP contribution in [0.1, 0.15) is 22.7 Å². The summed E-state index contributed by atoms with van der Waals surface area (Å²) < 4.78 is 10.5. The van der Waals surface area contributed by atoms with Gasteiger partial charge in [0.1, 0.15) is 12.0 Å². The molecule has 0 amide bonds. The van der Waals surface area contributed by atoms with Gasteiger partial charge < -0.3 is 9.15 Å². The van der Waals surface area contributed by atoms with Gasteiger partial charge in [0, 0.05) is 23.5 Å². The first-order valence-corrected chi connectivity index (χ1v) is 9.50. The average Bonchev–Trinajstić information content (AvgIpc) is 2.67. The molecule has 0 saturated carbocycles. The van der Waals surface area contributed by atoms with Crippen LogP contribution in [-0.4, -0.2) is 15.9 Å². The number of rotatable bonds is 6. The van der Waals surface area contributed by atoms with E-state index in [1.807, 2.05) is 50.2 Å². The minimum atomic E-state index is -0.651. The molecule has 0 N–H and O–H groups in total. The zero-order valence-electron chi connectivity index (χ0n) is 15.4. The van der Waals surface area contributed by atoms with E-state index in [1.54, 1.807) is 6.08 Å². The highest BCUT2D eigenvalue weighted by Gasteiger charge is 2.09. The van der Waals surface area contributed by atoms with Gasteiger partial charge in [-0.05, 0) is 31.6 Å². The molecule has 3 aromatic rings. The first kappa shape index (κ1) is 19.6. The highest BCUT2D eigenvalue weighted by atomic mass is 32.2. The first-order valence-electron chi connectivity index (χ1n) is 8.51. The number of aromatic nitrogens is 2. The minimum absolute atomic E-state index is 0.154. The second-order valence-corrected chi connectivity index (χ2v) is 6.90. The standard InChI is InChI=1S/C21H18N2O4S/c1-14-10-15(2)23-21(22-14)28-13-17-11-18(24)19(12-26-17)27-20(25)9-8-16-6-4-3-5-7-16/h3-12H,13H2,1-2H3. The van der Waals surface area contributed by atoms with Crippen molar-refractivity contribution in [3.63, 3.8) is 0 Å². The molecular weight excluding hydrogens is 376 g/mol. The summed E-state index contributed by atoms with van der Waals surface area (Å²) in [5, 5.41) is 0.613. The van der Waals surface area contributed by atoms with Crippen LogP contribution in [0.3, 0.4) is 0 Å². The number of esters is 1. The normalized spacial score (nSPS) is 10.9. The van der Waals surface area contributed by atoms with Gasteiger partial charge in [0.15, 0.2) is 5.16 Å². The van der Waals surface area contributed by atoms with E-state index in [1.165, 1.54) is 23.9 Å². The number of thioether (sulfide) groups is 1. The quantitative estimate of drug-likeness (QED) is 0.271. The highest BCUT2D eigenvalue weighted by Crippen LogP contribution is 2.20. The van der Waals surface area contributed by atoms with Crippen molar-refractivity contribution in [2.24, 2.45) is 0 Å². The molecule has 0 radical (unpaired) electrons. The van der Waals surface area contributed by atoms with Crippen molar-refractivity contribution in [1.82, 2.24) is 9.97 Å². The predicted octanol–water partition coefficient (Wildman–Crippen LogP) is 3.96. The molecule has 0 aliphatic carbocycles. The third-order valence-corrected chi connectivity index (χ3v) is 4.45. The van der Waals surface area contributed by atoms with Gasteiger partial charge >= 0.3 is 5.97 Å². The maximum Gasteiger partial charge on any atom is 0.336 e. The van der Waals surface area contributed by atoms with Crippen molar-refractivity contribution < 1.29 is 13.9 Å². The van der Waals surface area contributed by atoms with Crippen LogP contribution in [0.2, 0.25) is 0 Å². The molecule has 2 aromatic heterocycles. The van der Waals surface area contributed by atoms with Crippen molar-refractivity contribution >= 4 is 23.8 Å². The maximum atomic E-state index is 12.2. The van der Waals surface area contributed by atoms with Gasteiger partial charge in [0.25, 0.3) is 0 Å². The summed E-state index contributed by atoms with van der Waals surface area (Å²) in [7, 11) is 0. The van der Waals surface area contributed by atoms with E-state index < -0.39 is 11.4 Å². The monoisotopic (exact) mass is 394 g/mol. The van der Waals surface area contributed by atoms with Gasteiger partial charge in [0.05, 0.1) is 5.75 Å². The fourth-order valence-electron chi connectivity index (χ4n) is 2.35. The Hall–Kier alpha value is -3.19. The molecule has 0 unspecified atom stereocenters. The molecule has 142 valence electrons. The molecule has 0 fully saturated rings. The molecule has 0 spiro atoms. The lowest BCUT2D eigenvalue weighted by atomic mass is 10.2. The van der Waals surface area contributed by atoms with Gasteiger partial charge in [-0.2, -0.15) is 0 Å². The van der Waals surface area contributed by atoms with Crippen molar-refractivity contribution in [2.45, 2.75) is 24.8 Å². The number of benzene rings is 1. The number of ether oxygens (including phenoxy) is 1. The summed E-state index contributed by atoms with van der Waals surface area (Å²) in [5.74, 6) is 0.0266. The minimum Gasteiger partial charge on any atom is -0.464 e. The maximum absolute atomic E-state index is 12.2. The molecule has 3 rings (SSSR count). The van der Waals surface area contributed by atoms with Gasteiger partial charge in [-0.25, -0.2) is 14.8 Å². The number of carbonyl (C=O) groups excluding carboxylic acids is 1. The Morgan fingerprint density at radius 2 is 1.86 bits per heavy atom. The summed E-state index contributed by atoms with van der Waals surface area (Å²) in [6.07, 6.45) is 4.02. The zero-order chi connectivity index (χ0) is 19.9. The molecule has 2 heterocycles. The Morgan fingerprint density at radius 3 is 2.54 bits per heavy atom. The number of hydrogen-bond donors (Lipinski definition) is 0. The molecule has 1 aromatic carbocycles. The summed E-state index contributed by atoms with van der Waals surface area (Å²) in [5.41, 5.74) is 2.18. The summed E-state index contributed by atoms with van der Waals surface area (Å²) in [6, 6.07) is 12.5. The second-order valence-electron chi connectivity index (χ2n) is 5.96. The van der Waals surface area contributed by atoms with E-state index in [9.17, 15) is 9.59 Å². The van der Waals surface area contributed by atoms with Gasteiger partial charge in [-0.15, -0.1) is 0 Å². The molecule has 0 atom stereocenters. The summed E-state index contributed by atoms with van der Waals surface area (Å²) >= 11 is 1.36. The molecule has 0 aliphatic rings. The van der Waals surface area contributed by atoms with Crippen molar-refractivity contribution in [3.05, 3.63) is 87.7 Å². The van der Waals surface area contributed by atoms with E-state index in [-0.39, 0.29) is 5.75 Å². The fraction of sp³-hybridized carbons (Fsp3) is 0.143. The molecule has 7 heteroatoms. The van der Waals surface area contributed by atoms with Crippen molar-refractivity contribution in [2.75, 3.05) is 0 Å². The Morgan fingerprint density at radius 1 is 1.14 bits per heavy atom. The lowest BCUT2D eigenvalue weighted by Gasteiger charge is -2.04. The summed E-state index contributed by atoms with van der Waals surface area (Å²) in [6.45, 7) is 3.79. The molecule has 28 heavy (non-hydrogen) atoms. The van der Waals surface area contributed by atoms with Crippen LogP contribution in [0.4, 0.5) is 0 Å². The van der Waals surface area contributed by atoms with Gasteiger partial charge in [-0.3, -0.25) is 4.79 Å². The van der Waals surface area contributed by atoms with Crippen LogP contribution >= 0.6 is 11.8 Å². The Kier molecular flexibility index (Phi) is 6.39. The number of carbonyl (C=O) groups is 1. The van der Waals surface area contributed by atoms with E-state index in [0.717, 1.165) is 23.2 Å². The molecule has 0 bridgehead atoms. The smallest absolute Gasteiger partial charge is 0.336 e. The van der Waals surface area contributed by atoms with Crippen molar-refractivity contribution in [1.29, 1.82) is 0 Å². The van der Waals surface area contributed by atoms with Gasteiger partial charge in [0.2, 0.25) is 11.2 Å². The zero-order valence-corrected chi connectivity index (χ0v) is 16.2. The third-order valence-electron chi connectivity index (χ3n) is 3.58. The largest absolute Gasteiger partial charge is 0.464 e. The Labute approximate surface area is 166 Å². The van der Waals surface area contributed by atoms with E-state index in [2.05, 4.69) is 9.97 Å². The number of nitrogens with zero attached hydrogens (tertiary/aromatic N) is 2. The van der Waals surface area contributed by atoms with E-state index in [4.69, 9.17) is 9.15 Å². The lowest BCUT2D eigenvalue weighted by Crippen LogP contribution is -2.12. The lowest BCUT2D eigenvalue weighted by molar-refractivity contribution is -0.129.